The summed E-state index contributed by atoms with van der Waals surface area (Å²) < 4.78 is 45.6. The highest BCUT2D eigenvalue weighted by Crippen LogP contribution is 2.29. The summed E-state index contributed by atoms with van der Waals surface area (Å²) in [7, 11) is 0. The summed E-state index contributed by atoms with van der Waals surface area (Å²) >= 11 is 0. The zero-order valence-corrected chi connectivity index (χ0v) is 18.8. The number of rotatable bonds is 10. The quantitative estimate of drug-likeness (QED) is 0.241. The second kappa shape index (κ2) is 12.3. The highest BCUT2D eigenvalue weighted by Gasteiger charge is 2.24. The van der Waals surface area contributed by atoms with Crippen LogP contribution in [0.2, 0.25) is 0 Å². The van der Waals surface area contributed by atoms with Crippen molar-refractivity contribution in [3.8, 4) is 17.6 Å². The van der Waals surface area contributed by atoms with Gasteiger partial charge in [-0.05, 0) is 74.4 Å². The molecule has 176 valence electrons. The number of carbonyl (C=O) groups excluding carboxylic acids is 1. The Balaban J connectivity index is 1.50. The van der Waals surface area contributed by atoms with E-state index >= 15 is 0 Å². The highest BCUT2D eigenvalue weighted by atomic mass is 19.2. The van der Waals surface area contributed by atoms with Crippen LogP contribution in [-0.4, -0.2) is 25.3 Å². The Morgan fingerprint density at radius 1 is 1.03 bits per heavy atom. The number of nitrogens with zero attached hydrogens (tertiary/aromatic N) is 1. The SMILES string of the molecule is CCCCCOC1CCC(COc2ccc(C(=O)Oc3ccc(C#N)cc3)c(F)c2F)CC1. The molecular formula is C26H29F2NO4. The van der Waals surface area contributed by atoms with E-state index in [-0.39, 0.29) is 30.1 Å². The average molecular weight is 458 g/mol. The molecule has 0 unspecified atom stereocenters. The maximum atomic E-state index is 14.5. The lowest BCUT2D eigenvalue weighted by atomic mass is 9.88. The number of halogens is 2. The van der Waals surface area contributed by atoms with Crippen LogP contribution in [-0.2, 0) is 4.74 Å². The molecule has 0 aromatic heterocycles. The summed E-state index contributed by atoms with van der Waals surface area (Å²) in [5.41, 5.74) is -0.133. The number of esters is 1. The maximum Gasteiger partial charge on any atom is 0.346 e. The van der Waals surface area contributed by atoms with Gasteiger partial charge in [-0.15, -0.1) is 0 Å². The first-order valence-corrected chi connectivity index (χ1v) is 11.5. The van der Waals surface area contributed by atoms with E-state index in [0.29, 0.717) is 5.56 Å². The van der Waals surface area contributed by atoms with Crippen molar-refractivity contribution < 1.29 is 27.8 Å². The third kappa shape index (κ3) is 7.00. The van der Waals surface area contributed by atoms with Gasteiger partial charge >= 0.3 is 5.97 Å². The molecule has 0 radical (unpaired) electrons. The summed E-state index contributed by atoms with van der Waals surface area (Å²) in [6.07, 6.45) is 7.42. The van der Waals surface area contributed by atoms with Crippen molar-refractivity contribution in [3.63, 3.8) is 0 Å². The molecule has 0 atom stereocenters. The van der Waals surface area contributed by atoms with Gasteiger partial charge in [0.25, 0.3) is 0 Å². The fourth-order valence-electron chi connectivity index (χ4n) is 3.84. The fourth-order valence-corrected chi connectivity index (χ4v) is 3.84. The molecule has 5 nitrogen and oxygen atoms in total. The van der Waals surface area contributed by atoms with Crippen LogP contribution in [0.5, 0.6) is 11.5 Å². The van der Waals surface area contributed by atoms with Crippen LogP contribution < -0.4 is 9.47 Å². The summed E-state index contributed by atoms with van der Waals surface area (Å²) in [6, 6.07) is 10.1. The van der Waals surface area contributed by atoms with Crippen LogP contribution in [0.1, 0.15) is 67.8 Å². The van der Waals surface area contributed by atoms with Crippen LogP contribution in [0.15, 0.2) is 36.4 Å². The van der Waals surface area contributed by atoms with Gasteiger partial charge in [-0.3, -0.25) is 0 Å². The predicted octanol–water partition coefficient (Wildman–Crippen LogP) is 6.20. The smallest absolute Gasteiger partial charge is 0.346 e. The lowest BCUT2D eigenvalue weighted by molar-refractivity contribution is 0.0110. The van der Waals surface area contributed by atoms with Gasteiger partial charge in [0.15, 0.2) is 11.6 Å². The Labute approximate surface area is 193 Å². The minimum Gasteiger partial charge on any atom is -0.490 e. The Bertz CT molecular complexity index is 963. The van der Waals surface area contributed by atoms with Gasteiger partial charge in [-0.2, -0.15) is 9.65 Å². The molecule has 2 aromatic carbocycles. The molecule has 1 saturated carbocycles. The molecule has 0 saturated heterocycles. The minimum atomic E-state index is -1.31. The number of hydrogen-bond donors (Lipinski definition) is 0. The molecule has 1 aliphatic carbocycles. The lowest BCUT2D eigenvalue weighted by Crippen LogP contribution is -2.25. The monoisotopic (exact) mass is 457 g/mol. The largest absolute Gasteiger partial charge is 0.490 e. The van der Waals surface area contributed by atoms with Crippen molar-refractivity contribution in [2.24, 2.45) is 5.92 Å². The Kier molecular flexibility index (Phi) is 9.20. The average Bonchev–Trinajstić information content (AvgIpc) is 2.84. The van der Waals surface area contributed by atoms with Gasteiger partial charge in [-0.1, -0.05) is 19.8 Å². The van der Waals surface area contributed by atoms with Crippen molar-refractivity contribution in [1.29, 1.82) is 5.26 Å². The summed E-state index contributed by atoms with van der Waals surface area (Å²) in [5, 5.41) is 8.80. The molecule has 0 heterocycles. The third-order valence-corrected chi connectivity index (χ3v) is 5.83. The molecule has 0 spiro atoms. The van der Waals surface area contributed by atoms with E-state index in [9.17, 15) is 13.6 Å². The van der Waals surface area contributed by atoms with Gasteiger partial charge in [0, 0.05) is 6.61 Å². The summed E-state index contributed by atoms with van der Waals surface area (Å²) in [5.74, 6) is -3.39. The van der Waals surface area contributed by atoms with E-state index in [1.165, 1.54) is 43.2 Å². The van der Waals surface area contributed by atoms with E-state index in [0.717, 1.165) is 44.8 Å². The third-order valence-electron chi connectivity index (χ3n) is 5.83. The lowest BCUT2D eigenvalue weighted by Gasteiger charge is -2.28. The normalized spacial score (nSPS) is 17.9. The van der Waals surface area contributed by atoms with Gasteiger partial charge in [0.2, 0.25) is 5.82 Å². The zero-order chi connectivity index (χ0) is 23.6. The molecule has 0 bridgehead atoms. The summed E-state index contributed by atoms with van der Waals surface area (Å²) in [4.78, 5) is 12.3. The molecule has 1 aliphatic rings. The van der Waals surface area contributed by atoms with Crippen LogP contribution in [0, 0.1) is 28.9 Å². The topological polar surface area (TPSA) is 68.6 Å². The Morgan fingerprint density at radius 2 is 1.76 bits per heavy atom. The van der Waals surface area contributed by atoms with Crippen LogP contribution in [0.3, 0.4) is 0 Å². The molecule has 2 aromatic rings. The molecule has 3 rings (SSSR count). The van der Waals surface area contributed by atoms with E-state index in [1.807, 2.05) is 6.07 Å². The minimum absolute atomic E-state index is 0.129. The second-order valence-electron chi connectivity index (χ2n) is 8.30. The first kappa shape index (κ1) is 24.7. The standard InChI is InChI=1S/C26H29F2NO4/c1-2-3-4-15-31-20-9-7-19(8-10-20)17-32-23-14-13-22(24(27)25(23)28)26(30)33-21-11-5-18(16-29)6-12-21/h5-6,11-14,19-20H,2-4,7-10,15,17H2,1H3. The number of hydrogen-bond acceptors (Lipinski definition) is 5. The molecule has 1 fully saturated rings. The molecule has 7 heteroatoms. The Hall–Kier alpha value is -2.98. The first-order valence-electron chi connectivity index (χ1n) is 11.5. The number of ether oxygens (including phenoxy) is 3. The van der Waals surface area contributed by atoms with Crippen LogP contribution in [0.25, 0.3) is 0 Å². The summed E-state index contributed by atoms with van der Waals surface area (Å²) in [6.45, 7) is 3.24. The van der Waals surface area contributed by atoms with Crippen molar-refractivity contribution >= 4 is 5.97 Å². The molecular weight excluding hydrogens is 428 g/mol. The van der Waals surface area contributed by atoms with Gasteiger partial charge in [0.05, 0.1) is 29.9 Å². The number of carbonyl (C=O) groups is 1. The molecule has 0 aliphatic heterocycles. The van der Waals surface area contributed by atoms with Crippen LogP contribution in [0.4, 0.5) is 8.78 Å². The highest BCUT2D eigenvalue weighted by molar-refractivity contribution is 5.91. The number of benzene rings is 2. The van der Waals surface area contributed by atoms with Crippen molar-refractivity contribution in [1.82, 2.24) is 0 Å². The van der Waals surface area contributed by atoms with E-state index < -0.39 is 23.2 Å². The van der Waals surface area contributed by atoms with Gasteiger partial charge in [-0.25, -0.2) is 9.18 Å². The van der Waals surface area contributed by atoms with Crippen molar-refractivity contribution in [2.75, 3.05) is 13.2 Å². The van der Waals surface area contributed by atoms with Gasteiger partial charge in [0.1, 0.15) is 5.75 Å². The second-order valence-corrected chi connectivity index (χ2v) is 8.30. The van der Waals surface area contributed by atoms with E-state index in [4.69, 9.17) is 19.5 Å². The molecule has 33 heavy (non-hydrogen) atoms. The van der Waals surface area contributed by atoms with E-state index in [1.54, 1.807) is 0 Å². The molecule has 0 N–H and O–H groups in total. The maximum absolute atomic E-state index is 14.5. The zero-order valence-electron chi connectivity index (χ0n) is 18.8. The fraction of sp³-hybridized carbons (Fsp3) is 0.462. The number of unbranched alkanes of at least 4 members (excludes halogenated alkanes) is 2. The van der Waals surface area contributed by atoms with E-state index in [2.05, 4.69) is 6.92 Å². The van der Waals surface area contributed by atoms with Gasteiger partial charge < -0.3 is 14.2 Å². The van der Waals surface area contributed by atoms with Crippen LogP contribution >= 0.6 is 0 Å². The van der Waals surface area contributed by atoms with Crippen molar-refractivity contribution in [3.05, 3.63) is 59.2 Å². The van der Waals surface area contributed by atoms with Crippen molar-refractivity contribution in [2.45, 2.75) is 58.0 Å². The predicted molar refractivity (Wildman–Crippen MR) is 119 cm³/mol. The number of nitriles is 1. The first-order chi connectivity index (χ1) is 16.0. The molecule has 0 amide bonds. The Morgan fingerprint density at radius 3 is 2.42 bits per heavy atom.